The highest BCUT2D eigenvalue weighted by Gasteiger charge is 2.12. The maximum atomic E-state index is 10.0. The van der Waals surface area contributed by atoms with Gasteiger partial charge in [-0.25, -0.2) is 4.99 Å². The lowest BCUT2D eigenvalue weighted by Crippen LogP contribution is -2.38. The summed E-state index contributed by atoms with van der Waals surface area (Å²) in [6.45, 7) is 6.14. The van der Waals surface area contributed by atoms with E-state index < -0.39 is 0 Å². The first-order valence-electron chi connectivity index (χ1n) is 8.98. The number of benzene rings is 2. The van der Waals surface area contributed by atoms with E-state index in [-0.39, 0.29) is 5.75 Å². The number of aliphatic imine (C=N–C) groups is 1. The molecule has 0 atom stereocenters. The van der Waals surface area contributed by atoms with Gasteiger partial charge in [-0.2, -0.15) is 0 Å². The first-order valence-corrected chi connectivity index (χ1v) is 8.98. The maximum Gasteiger partial charge on any atom is 0.200 e. The molecule has 2 N–H and O–H groups in total. The standard InChI is InChI=1S/C21H29N3O3/c1-6-22-21(24(3)14-17-10-8-7-9-15(17)2)23-13-16-11-18(26-4)20(25)19(12-16)27-5/h7-12,25H,6,13-14H2,1-5H3,(H,22,23). The number of hydrogen-bond donors (Lipinski definition) is 2. The first kappa shape index (κ1) is 20.4. The largest absolute Gasteiger partial charge is 0.502 e. The molecule has 146 valence electrons. The predicted octanol–water partition coefficient (Wildman–Crippen LogP) is 3.32. The highest BCUT2D eigenvalue weighted by molar-refractivity contribution is 5.79. The molecule has 0 fully saturated rings. The van der Waals surface area contributed by atoms with E-state index in [1.54, 1.807) is 12.1 Å². The van der Waals surface area contributed by atoms with Crippen LogP contribution in [0, 0.1) is 6.92 Å². The van der Waals surface area contributed by atoms with Gasteiger partial charge in [-0.3, -0.25) is 0 Å². The molecule has 0 radical (unpaired) electrons. The lowest BCUT2D eigenvalue weighted by Gasteiger charge is -2.23. The van der Waals surface area contributed by atoms with Crippen LogP contribution >= 0.6 is 0 Å². The van der Waals surface area contributed by atoms with Gasteiger partial charge in [0.1, 0.15) is 0 Å². The monoisotopic (exact) mass is 371 g/mol. The van der Waals surface area contributed by atoms with Crippen LogP contribution in [0.15, 0.2) is 41.4 Å². The summed E-state index contributed by atoms with van der Waals surface area (Å²) in [6.07, 6.45) is 0. The van der Waals surface area contributed by atoms with Crippen molar-refractivity contribution in [2.45, 2.75) is 26.9 Å². The normalized spacial score (nSPS) is 11.2. The third kappa shape index (κ3) is 5.29. The highest BCUT2D eigenvalue weighted by atomic mass is 16.5. The minimum Gasteiger partial charge on any atom is -0.502 e. The van der Waals surface area contributed by atoms with E-state index in [1.807, 2.05) is 20.0 Å². The second-order valence-electron chi connectivity index (χ2n) is 6.30. The quantitative estimate of drug-likeness (QED) is 0.577. The molecule has 0 aliphatic rings. The SMILES string of the molecule is CCNC(=NCc1cc(OC)c(O)c(OC)c1)N(C)Cc1ccccc1C. The second-order valence-corrected chi connectivity index (χ2v) is 6.30. The molecule has 0 aliphatic carbocycles. The van der Waals surface area contributed by atoms with E-state index in [1.165, 1.54) is 25.3 Å². The van der Waals surface area contributed by atoms with Crippen LogP contribution in [0.1, 0.15) is 23.6 Å². The van der Waals surface area contributed by atoms with Crippen LogP contribution in [0.2, 0.25) is 0 Å². The Bertz CT molecular complexity index is 765. The van der Waals surface area contributed by atoms with Crippen molar-refractivity contribution >= 4 is 5.96 Å². The van der Waals surface area contributed by atoms with Crippen molar-refractivity contribution in [1.29, 1.82) is 0 Å². The number of guanidine groups is 1. The van der Waals surface area contributed by atoms with Crippen LogP contribution < -0.4 is 14.8 Å². The van der Waals surface area contributed by atoms with Gasteiger partial charge in [0.15, 0.2) is 17.5 Å². The number of aromatic hydroxyl groups is 1. The number of aryl methyl sites for hydroxylation is 1. The van der Waals surface area contributed by atoms with E-state index in [0.29, 0.717) is 18.0 Å². The summed E-state index contributed by atoms with van der Waals surface area (Å²) < 4.78 is 10.4. The molecule has 0 saturated heterocycles. The van der Waals surface area contributed by atoms with E-state index in [2.05, 4.69) is 35.3 Å². The fraction of sp³-hybridized carbons (Fsp3) is 0.381. The Hall–Kier alpha value is -2.89. The van der Waals surface area contributed by atoms with E-state index in [4.69, 9.17) is 14.5 Å². The van der Waals surface area contributed by atoms with Crippen LogP contribution in [0.5, 0.6) is 17.2 Å². The van der Waals surface area contributed by atoms with Gasteiger partial charge in [-0.15, -0.1) is 0 Å². The number of nitrogens with zero attached hydrogens (tertiary/aromatic N) is 2. The van der Waals surface area contributed by atoms with Crippen molar-refractivity contribution in [2.75, 3.05) is 27.8 Å². The Morgan fingerprint density at radius 3 is 2.33 bits per heavy atom. The van der Waals surface area contributed by atoms with Crippen LogP contribution in [-0.2, 0) is 13.1 Å². The molecule has 0 spiro atoms. The number of ether oxygens (including phenoxy) is 2. The van der Waals surface area contributed by atoms with Gasteiger partial charge in [0, 0.05) is 20.1 Å². The Kier molecular flexibility index (Phi) is 7.34. The molecule has 6 heteroatoms. The van der Waals surface area contributed by atoms with Crippen molar-refractivity contribution in [3.05, 3.63) is 53.1 Å². The zero-order valence-corrected chi connectivity index (χ0v) is 16.7. The van der Waals surface area contributed by atoms with Gasteiger partial charge in [-0.05, 0) is 42.7 Å². The summed E-state index contributed by atoms with van der Waals surface area (Å²) in [5.41, 5.74) is 3.41. The molecule has 6 nitrogen and oxygen atoms in total. The molecule has 2 aromatic rings. The lowest BCUT2D eigenvalue weighted by molar-refractivity contribution is 0.339. The van der Waals surface area contributed by atoms with Gasteiger partial charge < -0.3 is 24.8 Å². The van der Waals surface area contributed by atoms with Crippen molar-refractivity contribution in [3.63, 3.8) is 0 Å². The molecule has 0 aromatic heterocycles. The summed E-state index contributed by atoms with van der Waals surface area (Å²) in [5.74, 6) is 1.55. The zero-order chi connectivity index (χ0) is 19.8. The zero-order valence-electron chi connectivity index (χ0n) is 16.7. The molecule has 0 bridgehead atoms. The minimum atomic E-state index is -0.00342. The van der Waals surface area contributed by atoms with Crippen LogP contribution in [0.3, 0.4) is 0 Å². The Labute approximate surface area is 161 Å². The van der Waals surface area contributed by atoms with Crippen LogP contribution in [0.4, 0.5) is 0 Å². The molecular formula is C21H29N3O3. The van der Waals surface area contributed by atoms with E-state index in [9.17, 15) is 5.11 Å². The molecule has 0 amide bonds. The average molecular weight is 371 g/mol. The average Bonchev–Trinajstić information content (AvgIpc) is 2.67. The molecule has 0 unspecified atom stereocenters. The predicted molar refractivity (Wildman–Crippen MR) is 109 cm³/mol. The van der Waals surface area contributed by atoms with Crippen molar-refractivity contribution in [2.24, 2.45) is 4.99 Å². The summed E-state index contributed by atoms with van der Waals surface area (Å²) >= 11 is 0. The number of phenols is 1. The van der Waals surface area contributed by atoms with E-state index >= 15 is 0 Å². The van der Waals surface area contributed by atoms with Crippen LogP contribution in [0.25, 0.3) is 0 Å². The highest BCUT2D eigenvalue weighted by Crippen LogP contribution is 2.37. The fourth-order valence-corrected chi connectivity index (χ4v) is 2.79. The summed E-state index contributed by atoms with van der Waals surface area (Å²) in [6, 6.07) is 11.9. The molecule has 0 saturated carbocycles. The van der Waals surface area contributed by atoms with Crippen LogP contribution in [-0.4, -0.2) is 43.8 Å². The number of hydrogen-bond acceptors (Lipinski definition) is 4. The molecule has 0 heterocycles. The summed E-state index contributed by atoms with van der Waals surface area (Å²) in [5, 5.41) is 13.4. The smallest absolute Gasteiger partial charge is 0.200 e. The number of nitrogens with one attached hydrogen (secondary N) is 1. The molecule has 2 rings (SSSR count). The Morgan fingerprint density at radius 1 is 1.15 bits per heavy atom. The van der Waals surface area contributed by atoms with Crippen molar-refractivity contribution in [1.82, 2.24) is 10.2 Å². The molecular weight excluding hydrogens is 342 g/mol. The lowest BCUT2D eigenvalue weighted by atomic mass is 10.1. The summed E-state index contributed by atoms with van der Waals surface area (Å²) in [4.78, 5) is 6.83. The van der Waals surface area contributed by atoms with E-state index in [0.717, 1.165) is 24.6 Å². The third-order valence-electron chi connectivity index (χ3n) is 4.32. The van der Waals surface area contributed by atoms with Crippen molar-refractivity contribution < 1.29 is 14.6 Å². The van der Waals surface area contributed by atoms with Gasteiger partial charge in [-0.1, -0.05) is 24.3 Å². The van der Waals surface area contributed by atoms with Gasteiger partial charge >= 0.3 is 0 Å². The third-order valence-corrected chi connectivity index (χ3v) is 4.32. The summed E-state index contributed by atoms with van der Waals surface area (Å²) in [7, 11) is 5.05. The van der Waals surface area contributed by atoms with Crippen molar-refractivity contribution in [3.8, 4) is 17.2 Å². The fourth-order valence-electron chi connectivity index (χ4n) is 2.79. The molecule has 2 aromatic carbocycles. The van der Waals surface area contributed by atoms with Gasteiger partial charge in [0.25, 0.3) is 0 Å². The number of rotatable bonds is 7. The maximum absolute atomic E-state index is 10.0. The Morgan fingerprint density at radius 2 is 1.78 bits per heavy atom. The number of phenolic OH excluding ortho intramolecular Hbond substituents is 1. The van der Waals surface area contributed by atoms with Gasteiger partial charge in [0.05, 0.1) is 20.8 Å². The molecule has 27 heavy (non-hydrogen) atoms. The topological polar surface area (TPSA) is 66.3 Å². The second kappa shape index (κ2) is 9.71. The Balaban J connectivity index is 2.21. The minimum absolute atomic E-state index is 0.00342. The van der Waals surface area contributed by atoms with Gasteiger partial charge in [0.2, 0.25) is 5.75 Å². The first-order chi connectivity index (χ1) is 13.0. The molecule has 0 aliphatic heterocycles. The number of methoxy groups -OCH3 is 2.